The minimum atomic E-state index is 0.692. The van der Waals surface area contributed by atoms with Gasteiger partial charge in [-0.2, -0.15) is 0 Å². The van der Waals surface area contributed by atoms with Crippen LogP contribution in [0.3, 0.4) is 0 Å². The van der Waals surface area contributed by atoms with Crippen molar-refractivity contribution < 1.29 is 0 Å². The third-order valence-corrected chi connectivity index (χ3v) is 5.15. The Morgan fingerprint density at radius 2 is 2.06 bits per heavy atom. The summed E-state index contributed by atoms with van der Waals surface area (Å²) < 4.78 is 0. The zero-order valence-electron chi connectivity index (χ0n) is 10.3. The van der Waals surface area contributed by atoms with Gasteiger partial charge in [0.1, 0.15) is 0 Å². The molecule has 2 nitrogen and oxygen atoms in total. The lowest BCUT2D eigenvalue weighted by atomic mass is 9.63. The second kappa shape index (κ2) is 3.26. The summed E-state index contributed by atoms with van der Waals surface area (Å²) in [5.41, 5.74) is 10.6. The predicted molar refractivity (Wildman–Crippen MR) is 69.8 cm³/mol. The molecule has 2 aliphatic carbocycles. The van der Waals surface area contributed by atoms with Crippen molar-refractivity contribution in [2.45, 2.75) is 38.1 Å². The molecule has 0 aromatic heterocycles. The molecule has 0 radical (unpaired) electrons. The van der Waals surface area contributed by atoms with Crippen LogP contribution < -0.4 is 5.73 Å². The number of nitrogens with two attached hydrogens (primary N) is 1. The van der Waals surface area contributed by atoms with Crippen molar-refractivity contribution in [1.82, 2.24) is 4.90 Å². The van der Waals surface area contributed by atoms with Crippen molar-refractivity contribution in [3.63, 3.8) is 0 Å². The summed E-state index contributed by atoms with van der Waals surface area (Å²) in [7, 11) is 0. The van der Waals surface area contributed by atoms with Crippen LogP contribution in [-0.4, -0.2) is 18.0 Å². The maximum Gasteiger partial charge on any atom is 0.0354 e. The lowest BCUT2D eigenvalue weighted by Gasteiger charge is -2.58. The van der Waals surface area contributed by atoms with Crippen LogP contribution >= 0.6 is 0 Å². The maximum atomic E-state index is 5.86. The molecule has 4 rings (SSSR count). The zero-order valence-corrected chi connectivity index (χ0v) is 10.3. The minimum absolute atomic E-state index is 0.692. The van der Waals surface area contributed by atoms with Gasteiger partial charge in [-0.3, -0.25) is 4.90 Å². The van der Waals surface area contributed by atoms with E-state index < -0.39 is 0 Å². The Kier molecular flexibility index (Phi) is 1.91. The molecule has 1 unspecified atom stereocenters. The van der Waals surface area contributed by atoms with Gasteiger partial charge in [0.25, 0.3) is 0 Å². The second-order valence-corrected chi connectivity index (χ2v) is 6.27. The molecule has 1 aromatic carbocycles. The molecule has 0 bridgehead atoms. The quantitative estimate of drug-likeness (QED) is 0.749. The summed E-state index contributed by atoms with van der Waals surface area (Å²) in [5.74, 6) is 0. The first kappa shape index (κ1) is 9.95. The van der Waals surface area contributed by atoms with Crippen LogP contribution in [0.5, 0.6) is 0 Å². The molecule has 2 heteroatoms. The fraction of sp³-hybridized carbons (Fsp3) is 0.600. The Hall–Kier alpha value is -1.02. The van der Waals surface area contributed by atoms with Gasteiger partial charge in [0, 0.05) is 24.8 Å². The number of nitrogens with zero attached hydrogens (tertiary/aromatic N) is 1. The van der Waals surface area contributed by atoms with Crippen LogP contribution in [0, 0.1) is 5.41 Å². The molecule has 17 heavy (non-hydrogen) atoms. The van der Waals surface area contributed by atoms with Crippen LogP contribution in [-0.2, 0) is 6.42 Å². The van der Waals surface area contributed by atoms with Gasteiger partial charge >= 0.3 is 0 Å². The smallest absolute Gasteiger partial charge is 0.0354 e. The van der Waals surface area contributed by atoms with Gasteiger partial charge in [-0.15, -0.1) is 0 Å². The van der Waals surface area contributed by atoms with Crippen LogP contribution in [0.4, 0.5) is 5.69 Å². The number of aryl methyl sites for hydroxylation is 1. The van der Waals surface area contributed by atoms with E-state index in [0.717, 1.165) is 11.1 Å². The summed E-state index contributed by atoms with van der Waals surface area (Å²) in [6, 6.07) is 7.19. The number of fused-ring (bicyclic) bond motifs is 1. The highest BCUT2D eigenvalue weighted by atomic mass is 15.2. The van der Waals surface area contributed by atoms with E-state index in [1.165, 1.54) is 50.8 Å². The van der Waals surface area contributed by atoms with E-state index in [9.17, 15) is 0 Å². The van der Waals surface area contributed by atoms with Crippen molar-refractivity contribution in [2.75, 3.05) is 18.8 Å². The predicted octanol–water partition coefficient (Wildman–Crippen LogP) is 2.74. The molecular weight excluding hydrogens is 208 g/mol. The number of likely N-dealkylation sites (tertiary alicyclic amines) is 1. The van der Waals surface area contributed by atoms with Gasteiger partial charge in [-0.25, -0.2) is 0 Å². The molecule has 2 fully saturated rings. The molecular formula is C15H20N2. The topological polar surface area (TPSA) is 29.3 Å². The molecule has 3 aliphatic rings. The molecule has 1 saturated heterocycles. The van der Waals surface area contributed by atoms with E-state index in [0.29, 0.717) is 6.04 Å². The molecule has 1 spiro atoms. The van der Waals surface area contributed by atoms with Crippen LogP contribution in [0.2, 0.25) is 0 Å². The first-order valence-electron chi connectivity index (χ1n) is 6.88. The Morgan fingerprint density at radius 1 is 1.24 bits per heavy atom. The summed E-state index contributed by atoms with van der Waals surface area (Å²) >= 11 is 0. The molecule has 2 N–H and O–H groups in total. The number of benzene rings is 1. The molecule has 1 saturated carbocycles. The molecule has 1 aromatic rings. The molecule has 1 atom stereocenters. The van der Waals surface area contributed by atoms with Gasteiger partial charge in [-0.1, -0.05) is 12.5 Å². The van der Waals surface area contributed by atoms with Crippen LogP contribution in [0.1, 0.15) is 42.9 Å². The van der Waals surface area contributed by atoms with E-state index >= 15 is 0 Å². The highest BCUT2D eigenvalue weighted by molar-refractivity contribution is 5.48. The summed E-state index contributed by atoms with van der Waals surface area (Å²) in [5, 5.41) is 0. The van der Waals surface area contributed by atoms with Gasteiger partial charge in [-0.05, 0) is 54.4 Å². The number of anilines is 1. The van der Waals surface area contributed by atoms with Crippen molar-refractivity contribution in [2.24, 2.45) is 5.41 Å². The van der Waals surface area contributed by atoms with Gasteiger partial charge < -0.3 is 5.73 Å². The third-order valence-electron chi connectivity index (χ3n) is 5.15. The molecule has 90 valence electrons. The maximum absolute atomic E-state index is 5.86. The highest BCUT2D eigenvalue weighted by Gasteiger charge is 2.49. The standard InChI is InChI=1S/C15H20N2/c16-12-3-4-13-11(8-12)2-5-14(13)17-9-15(10-17)6-1-7-15/h3-4,8,14H,1-2,5-7,9-10,16H2. The van der Waals surface area contributed by atoms with Crippen molar-refractivity contribution >= 4 is 5.69 Å². The van der Waals surface area contributed by atoms with Crippen molar-refractivity contribution in [3.05, 3.63) is 29.3 Å². The van der Waals surface area contributed by atoms with Crippen molar-refractivity contribution in [1.29, 1.82) is 0 Å². The number of nitrogen functional groups attached to an aromatic ring is 1. The number of rotatable bonds is 1. The summed E-state index contributed by atoms with van der Waals surface area (Å²) in [4.78, 5) is 2.70. The monoisotopic (exact) mass is 228 g/mol. The largest absolute Gasteiger partial charge is 0.399 e. The van der Waals surface area contributed by atoms with E-state index in [2.05, 4.69) is 23.1 Å². The highest BCUT2D eigenvalue weighted by Crippen LogP contribution is 2.52. The van der Waals surface area contributed by atoms with E-state index in [4.69, 9.17) is 5.73 Å². The zero-order chi connectivity index (χ0) is 11.5. The minimum Gasteiger partial charge on any atom is -0.399 e. The lowest BCUT2D eigenvalue weighted by molar-refractivity contribution is -0.0837. The molecule has 1 heterocycles. The normalized spacial score (nSPS) is 29.8. The fourth-order valence-corrected chi connectivity index (χ4v) is 4.02. The molecule has 1 aliphatic heterocycles. The Balaban J connectivity index is 1.55. The average molecular weight is 228 g/mol. The lowest BCUT2D eigenvalue weighted by Crippen LogP contribution is -2.60. The molecule has 0 amide bonds. The van der Waals surface area contributed by atoms with E-state index in [1.807, 2.05) is 0 Å². The number of hydrogen-bond donors (Lipinski definition) is 1. The van der Waals surface area contributed by atoms with Crippen LogP contribution in [0.25, 0.3) is 0 Å². The Labute approximate surface area is 103 Å². The first-order chi connectivity index (χ1) is 8.26. The average Bonchev–Trinajstić information content (AvgIpc) is 2.57. The van der Waals surface area contributed by atoms with Gasteiger partial charge in [0.2, 0.25) is 0 Å². The Bertz CT molecular complexity index is 454. The summed E-state index contributed by atoms with van der Waals surface area (Å²) in [6.07, 6.45) is 6.94. The van der Waals surface area contributed by atoms with Crippen LogP contribution in [0.15, 0.2) is 18.2 Å². The SMILES string of the molecule is Nc1ccc2c(c1)CCC2N1CC2(CCC2)C1. The van der Waals surface area contributed by atoms with Gasteiger partial charge in [0.15, 0.2) is 0 Å². The number of hydrogen-bond acceptors (Lipinski definition) is 2. The van der Waals surface area contributed by atoms with Gasteiger partial charge in [0.05, 0.1) is 0 Å². The Morgan fingerprint density at radius 3 is 2.76 bits per heavy atom. The van der Waals surface area contributed by atoms with Crippen molar-refractivity contribution in [3.8, 4) is 0 Å². The first-order valence-corrected chi connectivity index (χ1v) is 6.88. The van der Waals surface area contributed by atoms with E-state index in [-0.39, 0.29) is 0 Å². The third kappa shape index (κ3) is 1.37. The fourth-order valence-electron chi connectivity index (χ4n) is 4.02. The van der Waals surface area contributed by atoms with E-state index in [1.54, 1.807) is 5.56 Å². The second-order valence-electron chi connectivity index (χ2n) is 6.27. The summed E-state index contributed by atoms with van der Waals surface area (Å²) in [6.45, 7) is 2.70.